The van der Waals surface area contributed by atoms with Crippen molar-refractivity contribution in [2.75, 3.05) is 19.8 Å². The van der Waals surface area contributed by atoms with E-state index in [0.717, 1.165) is 6.61 Å². The molecule has 0 aliphatic heterocycles. The number of carbonyl (C=O) groups excluding carboxylic acids is 1. The Morgan fingerprint density at radius 2 is 2.12 bits per heavy atom. The molecule has 0 aromatic carbocycles. The van der Waals surface area contributed by atoms with Gasteiger partial charge in [-0.1, -0.05) is 19.9 Å². The number of esters is 1. The van der Waals surface area contributed by atoms with E-state index in [4.69, 9.17) is 9.47 Å². The van der Waals surface area contributed by atoms with E-state index in [9.17, 15) is 4.79 Å². The van der Waals surface area contributed by atoms with Crippen LogP contribution in [0.25, 0.3) is 0 Å². The molecule has 0 aromatic rings. The zero-order valence-electron chi connectivity index (χ0n) is 10.9. The summed E-state index contributed by atoms with van der Waals surface area (Å²) in [5.74, 6) is 0.288. The molecule has 0 rings (SSSR count). The second-order valence-electron chi connectivity index (χ2n) is 4.56. The second kappa shape index (κ2) is 7.44. The zero-order valence-corrected chi connectivity index (χ0v) is 10.9. The van der Waals surface area contributed by atoms with Gasteiger partial charge in [0.25, 0.3) is 0 Å². The summed E-state index contributed by atoms with van der Waals surface area (Å²) >= 11 is 0. The molecule has 94 valence electrons. The lowest BCUT2D eigenvalue weighted by atomic mass is 9.87. The molecule has 0 aliphatic carbocycles. The molecule has 0 saturated carbocycles. The summed E-state index contributed by atoms with van der Waals surface area (Å²) in [6.45, 7) is 13.2. The summed E-state index contributed by atoms with van der Waals surface area (Å²) in [7, 11) is 0. The molecule has 0 N–H and O–H groups in total. The molecule has 1 atom stereocenters. The Morgan fingerprint density at radius 3 is 2.56 bits per heavy atom. The van der Waals surface area contributed by atoms with Gasteiger partial charge in [0.15, 0.2) is 0 Å². The van der Waals surface area contributed by atoms with E-state index in [-0.39, 0.29) is 5.97 Å². The van der Waals surface area contributed by atoms with Crippen molar-refractivity contribution in [3.8, 4) is 0 Å². The van der Waals surface area contributed by atoms with Gasteiger partial charge in [0, 0.05) is 13.2 Å². The number of rotatable bonds is 8. The first-order chi connectivity index (χ1) is 7.46. The smallest absolute Gasteiger partial charge is 0.315 e. The monoisotopic (exact) mass is 228 g/mol. The summed E-state index contributed by atoms with van der Waals surface area (Å²) in [6.07, 6.45) is 2.26. The van der Waals surface area contributed by atoms with Gasteiger partial charge < -0.3 is 9.47 Å². The lowest BCUT2D eigenvalue weighted by Crippen LogP contribution is -2.29. The van der Waals surface area contributed by atoms with Crippen LogP contribution >= 0.6 is 0 Å². The van der Waals surface area contributed by atoms with Crippen molar-refractivity contribution in [2.45, 2.75) is 34.1 Å². The number of hydrogen-bond acceptors (Lipinski definition) is 3. The van der Waals surface area contributed by atoms with Gasteiger partial charge >= 0.3 is 5.97 Å². The molecule has 3 nitrogen and oxygen atoms in total. The number of ether oxygens (including phenoxy) is 2. The van der Waals surface area contributed by atoms with Gasteiger partial charge in [-0.25, -0.2) is 0 Å². The van der Waals surface area contributed by atoms with Gasteiger partial charge in [-0.3, -0.25) is 4.79 Å². The van der Waals surface area contributed by atoms with Crippen LogP contribution in [0.3, 0.4) is 0 Å². The Bertz CT molecular complexity index is 223. The van der Waals surface area contributed by atoms with Gasteiger partial charge in [0.1, 0.15) is 0 Å². The molecule has 0 aromatic heterocycles. The Kier molecular flexibility index (Phi) is 7.06. The van der Waals surface area contributed by atoms with Crippen LogP contribution in [0.1, 0.15) is 34.1 Å². The average Bonchev–Trinajstić information content (AvgIpc) is 2.24. The number of hydrogen-bond donors (Lipinski definition) is 0. The molecule has 1 unspecified atom stereocenters. The summed E-state index contributed by atoms with van der Waals surface area (Å²) in [6, 6.07) is 0. The zero-order chi connectivity index (χ0) is 12.6. The second-order valence-corrected chi connectivity index (χ2v) is 4.56. The molecule has 0 aliphatic rings. The largest absolute Gasteiger partial charge is 0.465 e. The molecule has 0 spiro atoms. The van der Waals surface area contributed by atoms with Crippen LogP contribution in [0.15, 0.2) is 12.7 Å². The summed E-state index contributed by atoms with van der Waals surface area (Å²) < 4.78 is 10.5. The van der Waals surface area contributed by atoms with E-state index in [1.54, 1.807) is 13.0 Å². The van der Waals surface area contributed by atoms with Gasteiger partial charge in [0.05, 0.1) is 12.0 Å². The maximum absolute atomic E-state index is 11.7. The molecular weight excluding hydrogens is 204 g/mol. The molecule has 0 heterocycles. The minimum Gasteiger partial charge on any atom is -0.465 e. The Balaban J connectivity index is 4.06. The highest BCUT2D eigenvalue weighted by atomic mass is 16.5. The van der Waals surface area contributed by atoms with Gasteiger partial charge in [-0.2, -0.15) is 0 Å². The summed E-state index contributed by atoms with van der Waals surface area (Å²) in [4.78, 5) is 11.7. The van der Waals surface area contributed by atoms with Crippen LogP contribution in [0, 0.1) is 11.3 Å². The van der Waals surface area contributed by atoms with Crippen molar-refractivity contribution < 1.29 is 14.3 Å². The fourth-order valence-corrected chi connectivity index (χ4v) is 1.19. The maximum Gasteiger partial charge on any atom is 0.315 e. The fourth-order valence-electron chi connectivity index (χ4n) is 1.19. The molecule has 0 fully saturated rings. The molecule has 0 amide bonds. The third kappa shape index (κ3) is 5.31. The minimum atomic E-state index is -0.632. The van der Waals surface area contributed by atoms with Crippen molar-refractivity contribution in [3.05, 3.63) is 12.7 Å². The van der Waals surface area contributed by atoms with E-state index in [0.29, 0.717) is 25.6 Å². The quantitative estimate of drug-likeness (QED) is 0.364. The van der Waals surface area contributed by atoms with Crippen LogP contribution in [-0.2, 0) is 14.3 Å². The Labute approximate surface area is 98.8 Å². The molecular formula is C13H24O3. The topological polar surface area (TPSA) is 35.5 Å². The van der Waals surface area contributed by atoms with Gasteiger partial charge in [-0.15, -0.1) is 6.58 Å². The Hall–Kier alpha value is -0.830. The Morgan fingerprint density at radius 1 is 1.50 bits per heavy atom. The van der Waals surface area contributed by atoms with Gasteiger partial charge in [0.2, 0.25) is 0 Å². The first-order valence-corrected chi connectivity index (χ1v) is 5.84. The standard InChI is InChI=1S/C13H24O3/c1-6-13(5,12(14)16-7-2)8-9-15-10-11(3)4/h6,11H,1,7-10H2,2-5H3. The average molecular weight is 228 g/mol. The van der Waals surface area contributed by atoms with Crippen LogP contribution in [-0.4, -0.2) is 25.8 Å². The van der Waals surface area contributed by atoms with Crippen molar-refractivity contribution >= 4 is 5.97 Å². The van der Waals surface area contributed by atoms with Crippen LogP contribution in [0.4, 0.5) is 0 Å². The van der Waals surface area contributed by atoms with E-state index >= 15 is 0 Å². The summed E-state index contributed by atoms with van der Waals surface area (Å²) in [5.41, 5.74) is -0.632. The van der Waals surface area contributed by atoms with E-state index in [2.05, 4.69) is 20.4 Å². The fraction of sp³-hybridized carbons (Fsp3) is 0.769. The molecule has 3 heteroatoms. The third-order valence-corrected chi connectivity index (χ3v) is 2.41. The molecule has 16 heavy (non-hydrogen) atoms. The maximum atomic E-state index is 11.7. The normalized spacial score (nSPS) is 14.6. The predicted octanol–water partition coefficient (Wildman–Crippen LogP) is 2.80. The molecule has 0 radical (unpaired) electrons. The lowest BCUT2D eigenvalue weighted by Gasteiger charge is -2.23. The molecule has 0 saturated heterocycles. The highest BCUT2D eigenvalue weighted by Crippen LogP contribution is 2.24. The highest BCUT2D eigenvalue weighted by molar-refractivity contribution is 5.78. The van der Waals surface area contributed by atoms with Gasteiger partial charge in [-0.05, 0) is 26.2 Å². The highest BCUT2D eigenvalue weighted by Gasteiger charge is 2.30. The van der Waals surface area contributed by atoms with Crippen LogP contribution in [0.2, 0.25) is 0 Å². The van der Waals surface area contributed by atoms with Crippen molar-refractivity contribution in [1.82, 2.24) is 0 Å². The minimum absolute atomic E-state index is 0.224. The van der Waals surface area contributed by atoms with Crippen molar-refractivity contribution in [2.24, 2.45) is 11.3 Å². The summed E-state index contributed by atoms with van der Waals surface area (Å²) in [5, 5.41) is 0. The first kappa shape index (κ1) is 15.2. The van der Waals surface area contributed by atoms with Crippen LogP contribution < -0.4 is 0 Å². The molecule has 0 bridgehead atoms. The van der Waals surface area contributed by atoms with E-state index in [1.807, 2.05) is 6.92 Å². The third-order valence-electron chi connectivity index (χ3n) is 2.41. The predicted molar refractivity (Wildman–Crippen MR) is 65.2 cm³/mol. The van der Waals surface area contributed by atoms with Crippen LogP contribution in [0.5, 0.6) is 0 Å². The van der Waals surface area contributed by atoms with Crippen molar-refractivity contribution in [1.29, 1.82) is 0 Å². The first-order valence-electron chi connectivity index (χ1n) is 5.84. The number of carbonyl (C=O) groups is 1. The van der Waals surface area contributed by atoms with Crippen molar-refractivity contribution in [3.63, 3.8) is 0 Å². The van der Waals surface area contributed by atoms with E-state index < -0.39 is 5.41 Å². The lowest BCUT2D eigenvalue weighted by molar-refractivity contribution is -0.152. The van der Waals surface area contributed by atoms with E-state index in [1.165, 1.54) is 0 Å². The SMILES string of the molecule is C=CC(C)(CCOCC(C)C)C(=O)OCC.